The van der Waals surface area contributed by atoms with Crippen molar-refractivity contribution in [2.24, 2.45) is 0 Å². The zero-order valence-corrected chi connectivity index (χ0v) is 15.9. The summed E-state index contributed by atoms with van der Waals surface area (Å²) in [6.07, 6.45) is 2.90. The molecule has 6 heteroatoms. The highest BCUT2D eigenvalue weighted by molar-refractivity contribution is 5.80. The third-order valence-corrected chi connectivity index (χ3v) is 5.46. The topological polar surface area (TPSA) is 73.1 Å². The molecule has 0 spiro atoms. The summed E-state index contributed by atoms with van der Waals surface area (Å²) >= 11 is 0. The molecule has 28 heavy (non-hydrogen) atoms. The fraction of sp³-hybridized carbons (Fsp3) is 0.318. The Labute approximate surface area is 162 Å². The first kappa shape index (κ1) is 18.2. The molecule has 2 aromatic carbocycles. The Morgan fingerprint density at radius 3 is 2.39 bits per heavy atom. The van der Waals surface area contributed by atoms with Crippen LogP contribution in [0.1, 0.15) is 36.9 Å². The lowest BCUT2D eigenvalue weighted by Gasteiger charge is -2.26. The predicted molar refractivity (Wildman–Crippen MR) is 108 cm³/mol. The van der Waals surface area contributed by atoms with Crippen LogP contribution in [0.25, 0.3) is 11.0 Å². The van der Waals surface area contributed by atoms with Crippen molar-refractivity contribution >= 4 is 16.9 Å². The zero-order chi connectivity index (χ0) is 19.7. The van der Waals surface area contributed by atoms with Gasteiger partial charge in [0.15, 0.2) is 0 Å². The monoisotopic (exact) mass is 377 g/mol. The third-order valence-electron chi connectivity index (χ3n) is 5.46. The molecule has 1 N–H and O–H groups in total. The number of nitrogens with zero attached hydrogens (tertiary/aromatic N) is 2. The van der Waals surface area contributed by atoms with E-state index in [1.165, 1.54) is 14.7 Å². The van der Waals surface area contributed by atoms with Gasteiger partial charge in [0.1, 0.15) is 6.54 Å². The molecule has 4 rings (SSSR count). The molecule has 0 aliphatic heterocycles. The first-order chi connectivity index (χ1) is 13.6. The standard InChI is InChI=1S/C22H23N3O3/c1-2-24-18-12-5-6-13-19(18)25(22(28)21(24)27)14-20(26)23-17-11-7-9-15-8-3-4-10-16(15)17/h3-6,8,10,12-13,17H,2,7,9,11,14H2,1H3,(H,23,26)/t17-/m0/s1. The van der Waals surface area contributed by atoms with E-state index in [0.717, 1.165) is 24.8 Å². The van der Waals surface area contributed by atoms with Gasteiger partial charge in [0, 0.05) is 6.54 Å². The molecule has 0 fully saturated rings. The first-order valence-electron chi connectivity index (χ1n) is 9.69. The van der Waals surface area contributed by atoms with Crippen LogP contribution >= 0.6 is 0 Å². The molecule has 1 aliphatic rings. The zero-order valence-electron chi connectivity index (χ0n) is 15.9. The molecule has 0 saturated heterocycles. The molecule has 1 amide bonds. The normalized spacial score (nSPS) is 16.0. The summed E-state index contributed by atoms with van der Waals surface area (Å²) in [5.41, 5.74) is 2.38. The third kappa shape index (κ3) is 3.15. The Balaban J connectivity index is 1.66. The van der Waals surface area contributed by atoms with Crippen molar-refractivity contribution in [2.75, 3.05) is 0 Å². The van der Waals surface area contributed by atoms with Crippen molar-refractivity contribution in [3.05, 3.63) is 80.4 Å². The Morgan fingerprint density at radius 2 is 1.64 bits per heavy atom. The molecule has 0 radical (unpaired) electrons. The van der Waals surface area contributed by atoms with Gasteiger partial charge in [0.25, 0.3) is 0 Å². The Morgan fingerprint density at radius 1 is 1.00 bits per heavy atom. The number of hydrogen-bond acceptors (Lipinski definition) is 3. The van der Waals surface area contributed by atoms with Gasteiger partial charge in [-0.05, 0) is 49.4 Å². The molecule has 1 aromatic heterocycles. The maximum absolute atomic E-state index is 12.8. The Kier molecular flexibility index (Phi) is 4.86. The van der Waals surface area contributed by atoms with Gasteiger partial charge in [0.05, 0.1) is 17.1 Å². The van der Waals surface area contributed by atoms with Gasteiger partial charge in [-0.15, -0.1) is 0 Å². The molecule has 1 atom stereocenters. The van der Waals surface area contributed by atoms with Gasteiger partial charge in [-0.25, -0.2) is 0 Å². The molecular weight excluding hydrogens is 354 g/mol. The van der Waals surface area contributed by atoms with Crippen LogP contribution < -0.4 is 16.4 Å². The number of rotatable bonds is 4. The number of aromatic nitrogens is 2. The van der Waals surface area contributed by atoms with Crippen LogP contribution in [0.2, 0.25) is 0 Å². The van der Waals surface area contributed by atoms with E-state index in [4.69, 9.17) is 0 Å². The van der Waals surface area contributed by atoms with E-state index in [2.05, 4.69) is 11.4 Å². The summed E-state index contributed by atoms with van der Waals surface area (Å²) in [4.78, 5) is 37.9. The maximum atomic E-state index is 12.8. The first-order valence-corrected chi connectivity index (χ1v) is 9.69. The van der Waals surface area contributed by atoms with Gasteiger partial charge < -0.3 is 9.88 Å². The summed E-state index contributed by atoms with van der Waals surface area (Å²) in [6, 6.07) is 15.3. The minimum atomic E-state index is -0.667. The van der Waals surface area contributed by atoms with Crippen molar-refractivity contribution in [3.63, 3.8) is 0 Å². The molecular formula is C22H23N3O3. The minimum Gasteiger partial charge on any atom is -0.348 e. The number of nitrogens with one attached hydrogen (secondary N) is 1. The number of para-hydroxylation sites is 2. The maximum Gasteiger partial charge on any atom is 0.317 e. The summed E-state index contributed by atoms with van der Waals surface area (Å²) in [6.45, 7) is 2.06. The van der Waals surface area contributed by atoms with Gasteiger partial charge in [0.2, 0.25) is 5.91 Å². The van der Waals surface area contributed by atoms with Gasteiger partial charge in [-0.1, -0.05) is 36.4 Å². The second-order valence-electron chi connectivity index (χ2n) is 7.14. The number of carbonyl (C=O) groups is 1. The average molecular weight is 377 g/mol. The number of fused-ring (bicyclic) bond motifs is 2. The van der Waals surface area contributed by atoms with E-state index < -0.39 is 11.1 Å². The number of carbonyl (C=O) groups excluding carboxylic acids is 1. The summed E-state index contributed by atoms with van der Waals surface area (Å²) in [5, 5.41) is 3.06. The summed E-state index contributed by atoms with van der Waals surface area (Å²) in [5.74, 6) is -0.261. The number of aryl methyl sites for hydroxylation is 2. The van der Waals surface area contributed by atoms with Crippen LogP contribution in [0.4, 0.5) is 0 Å². The number of benzene rings is 2. The summed E-state index contributed by atoms with van der Waals surface area (Å²) < 4.78 is 2.73. The number of hydrogen-bond donors (Lipinski definition) is 1. The molecule has 1 heterocycles. The van der Waals surface area contributed by atoms with E-state index in [1.807, 2.05) is 31.2 Å². The van der Waals surface area contributed by atoms with E-state index in [1.54, 1.807) is 18.2 Å². The second kappa shape index (κ2) is 7.46. The van der Waals surface area contributed by atoms with Gasteiger partial charge >= 0.3 is 11.1 Å². The summed E-state index contributed by atoms with van der Waals surface area (Å²) in [7, 11) is 0. The van der Waals surface area contributed by atoms with Crippen molar-refractivity contribution in [3.8, 4) is 0 Å². The molecule has 6 nitrogen and oxygen atoms in total. The molecule has 1 aliphatic carbocycles. The van der Waals surface area contributed by atoms with Gasteiger partial charge in [-0.2, -0.15) is 0 Å². The van der Waals surface area contributed by atoms with E-state index in [0.29, 0.717) is 17.6 Å². The average Bonchev–Trinajstić information content (AvgIpc) is 2.72. The van der Waals surface area contributed by atoms with Crippen molar-refractivity contribution in [2.45, 2.75) is 45.3 Å². The highest BCUT2D eigenvalue weighted by atomic mass is 16.2. The second-order valence-corrected chi connectivity index (χ2v) is 7.14. The predicted octanol–water partition coefficient (Wildman–Crippen LogP) is 2.38. The van der Waals surface area contributed by atoms with Crippen molar-refractivity contribution in [1.82, 2.24) is 14.5 Å². The van der Waals surface area contributed by atoms with Gasteiger partial charge in [-0.3, -0.25) is 19.0 Å². The van der Waals surface area contributed by atoms with Crippen LogP contribution in [0, 0.1) is 0 Å². The molecule has 3 aromatic rings. The lowest BCUT2D eigenvalue weighted by atomic mass is 9.88. The van der Waals surface area contributed by atoms with Crippen LogP contribution in [-0.2, 0) is 24.3 Å². The minimum absolute atomic E-state index is 0.0598. The molecule has 0 unspecified atom stereocenters. The molecule has 144 valence electrons. The molecule has 0 bridgehead atoms. The van der Waals surface area contributed by atoms with E-state index in [-0.39, 0.29) is 18.5 Å². The van der Waals surface area contributed by atoms with Crippen LogP contribution in [0.5, 0.6) is 0 Å². The van der Waals surface area contributed by atoms with E-state index >= 15 is 0 Å². The van der Waals surface area contributed by atoms with Crippen molar-refractivity contribution < 1.29 is 4.79 Å². The van der Waals surface area contributed by atoms with Crippen molar-refractivity contribution in [1.29, 1.82) is 0 Å². The highest BCUT2D eigenvalue weighted by Crippen LogP contribution is 2.29. The SMILES string of the molecule is CCn1c(=O)c(=O)n(CC(=O)N[C@H]2CCCc3ccccc32)c2ccccc21. The van der Waals surface area contributed by atoms with E-state index in [9.17, 15) is 14.4 Å². The smallest absolute Gasteiger partial charge is 0.317 e. The number of amides is 1. The highest BCUT2D eigenvalue weighted by Gasteiger charge is 2.22. The van der Waals surface area contributed by atoms with Crippen LogP contribution in [0.15, 0.2) is 58.1 Å². The lowest BCUT2D eigenvalue weighted by molar-refractivity contribution is -0.122. The fourth-order valence-electron chi connectivity index (χ4n) is 4.13. The largest absolute Gasteiger partial charge is 0.348 e. The Hall–Kier alpha value is -3.15. The quantitative estimate of drug-likeness (QED) is 0.710. The Bertz CT molecular complexity index is 1160. The van der Waals surface area contributed by atoms with Crippen LogP contribution in [-0.4, -0.2) is 15.0 Å². The fourth-order valence-corrected chi connectivity index (χ4v) is 4.13. The lowest BCUT2D eigenvalue weighted by Crippen LogP contribution is -2.44. The molecule has 0 saturated carbocycles. The van der Waals surface area contributed by atoms with Crippen LogP contribution in [0.3, 0.4) is 0 Å².